The fraction of sp³-hybridized carbons (Fsp3) is 0.310. The summed E-state index contributed by atoms with van der Waals surface area (Å²) in [5.74, 6) is 0.794. The zero-order valence-corrected chi connectivity index (χ0v) is 23.6. The zero-order valence-electron chi connectivity index (χ0n) is 22.0. The molecule has 0 aliphatic carbocycles. The van der Waals surface area contributed by atoms with E-state index >= 15 is 0 Å². The fourth-order valence-corrected chi connectivity index (χ4v) is 5.62. The number of halogens is 1. The number of amides is 1. The van der Waals surface area contributed by atoms with Crippen molar-refractivity contribution >= 4 is 39.1 Å². The van der Waals surface area contributed by atoms with Gasteiger partial charge in [0, 0.05) is 27.5 Å². The number of hydrogen-bond donors (Lipinski definition) is 1. The number of methoxy groups -OCH3 is 1. The molecule has 1 fully saturated rings. The second-order valence-corrected chi connectivity index (χ2v) is 11.8. The maximum atomic E-state index is 13.4. The molecule has 1 amide bonds. The Bertz CT molecular complexity index is 1570. The molecule has 4 aromatic rings. The van der Waals surface area contributed by atoms with Crippen molar-refractivity contribution in [1.82, 2.24) is 9.47 Å². The lowest BCUT2D eigenvalue weighted by Crippen LogP contribution is -2.36. The summed E-state index contributed by atoms with van der Waals surface area (Å²) in [5, 5.41) is 12.1. The third-order valence-electron chi connectivity index (χ3n) is 6.30. The van der Waals surface area contributed by atoms with Crippen molar-refractivity contribution in [3.63, 3.8) is 0 Å². The number of aromatic nitrogens is 1. The molecule has 0 spiro atoms. The Morgan fingerprint density at radius 2 is 1.79 bits per heavy atom. The first-order valence-corrected chi connectivity index (χ1v) is 13.6. The van der Waals surface area contributed by atoms with Gasteiger partial charge in [-0.05, 0) is 62.7 Å². The van der Waals surface area contributed by atoms with Gasteiger partial charge < -0.3 is 24.2 Å². The molecule has 1 aliphatic rings. The number of thiophene rings is 1. The van der Waals surface area contributed by atoms with E-state index in [4.69, 9.17) is 25.8 Å². The molecule has 10 heteroatoms. The summed E-state index contributed by atoms with van der Waals surface area (Å²) in [6, 6.07) is 16.6. The van der Waals surface area contributed by atoms with Crippen LogP contribution in [0.1, 0.15) is 20.8 Å². The van der Waals surface area contributed by atoms with E-state index in [9.17, 15) is 14.7 Å². The van der Waals surface area contributed by atoms with E-state index in [0.717, 1.165) is 15.8 Å². The summed E-state index contributed by atoms with van der Waals surface area (Å²) in [7, 11) is 1.51. The summed E-state index contributed by atoms with van der Waals surface area (Å²) in [5.41, 5.74) is 0.818. The highest BCUT2D eigenvalue weighted by Gasteiger charge is 2.38. The summed E-state index contributed by atoms with van der Waals surface area (Å²) in [4.78, 5) is 28.3. The van der Waals surface area contributed by atoms with Gasteiger partial charge in [0.05, 0.1) is 25.9 Å². The molecule has 2 aromatic heterocycles. The number of hydrogen-bond acceptors (Lipinski definition) is 7. The van der Waals surface area contributed by atoms with Crippen LogP contribution in [0.3, 0.4) is 0 Å². The van der Waals surface area contributed by atoms with Gasteiger partial charge in [-0.25, -0.2) is 4.79 Å². The first kappa shape index (κ1) is 27.1. The molecule has 5 rings (SSSR count). The average Bonchev–Trinajstić information content (AvgIpc) is 3.48. The number of pyridine rings is 1. The van der Waals surface area contributed by atoms with Crippen LogP contribution in [0.25, 0.3) is 26.2 Å². The molecule has 0 bridgehead atoms. The minimum Gasteiger partial charge on any atom is -0.493 e. The summed E-state index contributed by atoms with van der Waals surface area (Å²) < 4.78 is 19.2. The number of β-amino-alcohol motifs (C(OH)–C–C–N with tert-alkyl or cyclic N) is 1. The molecule has 0 radical (unpaired) electrons. The van der Waals surface area contributed by atoms with E-state index in [1.807, 2.05) is 36.4 Å². The van der Waals surface area contributed by atoms with Crippen LogP contribution in [0, 0.1) is 0 Å². The van der Waals surface area contributed by atoms with Gasteiger partial charge in [-0.1, -0.05) is 23.7 Å². The molecular weight excluding hydrogens is 540 g/mol. The number of aliphatic hydroxyl groups is 1. The Hall–Kier alpha value is -3.53. The van der Waals surface area contributed by atoms with Gasteiger partial charge in [-0.2, -0.15) is 0 Å². The molecule has 204 valence electrons. The quantitative estimate of drug-likeness (QED) is 0.330. The number of aliphatic hydroxyl groups excluding tert-OH is 1. The molecule has 1 aliphatic heterocycles. The Kier molecular flexibility index (Phi) is 7.33. The van der Waals surface area contributed by atoms with E-state index in [2.05, 4.69) is 0 Å². The number of nitrogens with zero attached hydrogens (tertiary/aromatic N) is 2. The van der Waals surface area contributed by atoms with Gasteiger partial charge >= 0.3 is 6.09 Å². The number of likely N-dealkylation sites (tertiary alicyclic amines) is 1. The van der Waals surface area contributed by atoms with Crippen molar-refractivity contribution in [3.05, 3.63) is 76.2 Å². The van der Waals surface area contributed by atoms with Gasteiger partial charge in [0.2, 0.25) is 0 Å². The topological polar surface area (TPSA) is 90.2 Å². The van der Waals surface area contributed by atoms with Crippen molar-refractivity contribution in [2.24, 2.45) is 0 Å². The molecular formula is C29H29ClN2O6S. The highest BCUT2D eigenvalue weighted by molar-refractivity contribution is 7.22. The van der Waals surface area contributed by atoms with Crippen LogP contribution in [0.4, 0.5) is 4.79 Å². The third kappa shape index (κ3) is 5.75. The van der Waals surface area contributed by atoms with Gasteiger partial charge in [-0.15, -0.1) is 11.3 Å². The predicted molar refractivity (Wildman–Crippen MR) is 153 cm³/mol. The van der Waals surface area contributed by atoms with E-state index in [-0.39, 0.29) is 18.6 Å². The molecule has 39 heavy (non-hydrogen) atoms. The number of benzene rings is 2. The van der Waals surface area contributed by atoms with Crippen LogP contribution >= 0.6 is 22.9 Å². The van der Waals surface area contributed by atoms with Crippen LogP contribution < -0.4 is 15.0 Å². The van der Waals surface area contributed by atoms with Gasteiger partial charge in [-0.3, -0.25) is 9.36 Å². The maximum Gasteiger partial charge on any atom is 0.410 e. The van der Waals surface area contributed by atoms with E-state index in [1.165, 1.54) is 23.3 Å². The molecule has 0 saturated carbocycles. The number of carbonyl (C=O) groups excluding carboxylic acids is 1. The van der Waals surface area contributed by atoms with Crippen LogP contribution in [0.5, 0.6) is 11.5 Å². The molecule has 2 unspecified atom stereocenters. The summed E-state index contributed by atoms with van der Waals surface area (Å²) >= 11 is 7.45. The molecule has 1 saturated heterocycles. The highest BCUT2D eigenvalue weighted by atomic mass is 35.5. The average molecular weight is 569 g/mol. The molecule has 2 aromatic carbocycles. The Morgan fingerprint density at radius 1 is 1.05 bits per heavy atom. The minimum atomic E-state index is -0.888. The van der Waals surface area contributed by atoms with Crippen molar-refractivity contribution in [2.75, 3.05) is 20.2 Å². The van der Waals surface area contributed by atoms with Gasteiger partial charge in [0.25, 0.3) is 5.56 Å². The molecule has 8 nitrogen and oxygen atoms in total. The summed E-state index contributed by atoms with van der Waals surface area (Å²) in [6.45, 7) is 5.65. The maximum absolute atomic E-state index is 13.4. The summed E-state index contributed by atoms with van der Waals surface area (Å²) in [6.07, 6.45) is -0.315. The number of fused-ring (bicyclic) bond motifs is 1. The number of carbonyl (C=O) groups is 1. The van der Waals surface area contributed by atoms with Gasteiger partial charge in [0.1, 0.15) is 22.5 Å². The van der Waals surface area contributed by atoms with Crippen molar-refractivity contribution < 1.29 is 24.1 Å². The van der Waals surface area contributed by atoms with Crippen LogP contribution in [0.15, 0.2) is 65.6 Å². The fourth-order valence-electron chi connectivity index (χ4n) is 4.40. The molecule has 2 atom stereocenters. The van der Waals surface area contributed by atoms with E-state index in [0.29, 0.717) is 26.9 Å². The Labute approximate surface area is 234 Å². The standard InChI is InChI=1S/C29H29ClN2O6S/c1-29(2,3)38-28(35)31-15-21(33)24(16-31)37-22-10-9-20(14-23(22)36-4)32-12-11-18-13-25(39-26(18)27(32)34)17-5-7-19(30)8-6-17/h5-14,21,24,33H,15-16H2,1-4H3. The zero-order chi connectivity index (χ0) is 27.9. The second-order valence-electron chi connectivity index (χ2n) is 10.3. The first-order chi connectivity index (χ1) is 18.5. The first-order valence-electron chi connectivity index (χ1n) is 12.4. The van der Waals surface area contributed by atoms with E-state index < -0.39 is 23.9 Å². The molecule has 1 N–H and O–H groups in total. The van der Waals surface area contributed by atoms with Crippen LogP contribution in [-0.2, 0) is 4.74 Å². The predicted octanol–water partition coefficient (Wildman–Crippen LogP) is 5.74. The second kappa shape index (κ2) is 10.6. The lowest BCUT2D eigenvalue weighted by molar-refractivity contribution is 0.0268. The van der Waals surface area contributed by atoms with Gasteiger partial charge in [0.15, 0.2) is 11.5 Å². The lowest BCUT2D eigenvalue weighted by atomic mass is 10.2. The highest BCUT2D eigenvalue weighted by Crippen LogP contribution is 2.34. The number of ether oxygens (including phenoxy) is 3. The van der Waals surface area contributed by atoms with Crippen molar-refractivity contribution in [1.29, 1.82) is 0 Å². The SMILES string of the molecule is COc1cc(-n2ccc3cc(-c4ccc(Cl)cc4)sc3c2=O)ccc1OC1CN(C(=O)OC(C)(C)C)CC1O. The van der Waals surface area contributed by atoms with Crippen LogP contribution in [-0.4, -0.2) is 58.7 Å². The monoisotopic (exact) mass is 568 g/mol. The smallest absolute Gasteiger partial charge is 0.410 e. The minimum absolute atomic E-state index is 0.105. The third-order valence-corrected chi connectivity index (χ3v) is 7.74. The molecule has 3 heterocycles. The van der Waals surface area contributed by atoms with Crippen molar-refractivity contribution in [2.45, 2.75) is 38.6 Å². The van der Waals surface area contributed by atoms with E-state index in [1.54, 1.807) is 49.7 Å². The normalized spacial score (nSPS) is 17.4. The Balaban J connectivity index is 1.38. The largest absolute Gasteiger partial charge is 0.493 e. The van der Waals surface area contributed by atoms with Crippen molar-refractivity contribution in [3.8, 4) is 27.6 Å². The Morgan fingerprint density at radius 3 is 2.49 bits per heavy atom. The number of rotatable bonds is 5. The van der Waals surface area contributed by atoms with Crippen LogP contribution in [0.2, 0.25) is 5.02 Å². The lowest BCUT2D eigenvalue weighted by Gasteiger charge is -2.24.